The van der Waals surface area contributed by atoms with E-state index in [1.807, 2.05) is 6.08 Å². The van der Waals surface area contributed by atoms with Crippen LogP contribution in [-0.4, -0.2) is 31.2 Å². The molecule has 3 heteroatoms. The summed E-state index contributed by atoms with van der Waals surface area (Å²) in [5.74, 6) is 0. The Morgan fingerprint density at radius 3 is 2.93 bits per heavy atom. The largest absolute Gasteiger partial charge is 0.392 e. The van der Waals surface area contributed by atoms with Gasteiger partial charge in [0.25, 0.3) is 0 Å². The van der Waals surface area contributed by atoms with Crippen LogP contribution in [0, 0.1) is 0 Å². The summed E-state index contributed by atoms with van der Waals surface area (Å²) in [6.07, 6.45) is 10.5. The molecule has 0 aromatic rings. The van der Waals surface area contributed by atoms with Crippen LogP contribution in [0.15, 0.2) is 12.2 Å². The van der Waals surface area contributed by atoms with Gasteiger partial charge in [0.1, 0.15) is 0 Å². The standard InChI is InChI=1S/C12H22O3/c13-9-5-2-1-3-6-10-14-12-8-4-7-11-15-12/h2,5,12-13H,1,3-4,6-11H2/b5-2+. The Balaban J connectivity index is 1.85. The van der Waals surface area contributed by atoms with Gasteiger partial charge in [-0.2, -0.15) is 0 Å². The second-order valence-electron chi connectivity index (χ2n) is 3.82. The van der Waals surface area contributed by atoms with Gasteiger partial charge < -0.3 is 14.6 Å². The van der Waals surface area contributed by atoms with Crippen molar-refractivity contribution in [1.29, 1.82) is 0 Å². The maximum Gasteiger partial charge on any atom is 0.157 e. The number of aliphatic hydroxyl groups is 1. The first kappa shape index (κ1) is 12.7. The molecular weight excluding hydrogens is 192 g/mol. The van der Waals surface area contributed by atoms with Crippen LogP contribution in [-0.2, 0) is 9.47 Å². The van der Waals surface area contributed by atoms with Gasteiger partial charge in [0.2, 0.25) is 0 Å². The Labute approximate surface area is 92.1 Å². The Hall–Kier alpha value is -0.380. The first-order valence-electron chi connectivity index (χ1n) is 5.92. The van der Waals surface area contributed by atoms with E-state index in [0.717, 1.165) is 38.9 Å². The molecule has 1 unspecified atom stereocenters. The zero-order valence-corrected chi connectivity index (χ0v) is 9.36. The van der Waals surface area contributed by atoms with Gasteiger partial charge in [0.05, 0.1) is 6.61 Å². The number of allylic oxidation sites excluding steroid dienone is 1. The highest BCUT2D eigenvalue weighted by molar-refractivity contribution is 4.80. The van der Waals surface area contributed by atoms with Crippen molar-refractivity contribution in [3.05, 3.63) is 12.2 Å². The predicted octanol–water partition coefficient (Wildman–Crippen LogP) is 2.25. The molecule has 0 saturated carbocycles. The number of rotatable bonds is 7. The summed E-state index contributed by atoms with van der Waals surface area (Å²) in [7, 11) is 0. The number of aliphatic hydroxyl groups excluding tert-OH is 1. The van der Waals surface area contributed by atoms with E-state index in [1.165, 1.54) is 12.8 Å². The molecule has 1 aliphatic heterocycles. The molecule has 3 nitrogen and oxygen atoms in total. The third kappa shape index (κ3) is 6.66. The molecule has 0 aromatic carbocycles. The van der Waals surface area contributed by atoms with Gasteiger partial charge in [-0.05, 0) is 38.5 Å². The summed E-state index contributed by atoms with van der Waals surface area (Å²) in [6.45, 7) is 1.79. The quantitative estimate of drug-likeness (QED) is 0.522. The van der Waals surface area contributed by atoms with Crippen LogP contribution in [0.1, 0.15) is 38.5 Å². The Kier molecular flexibility index (Phi) is 7.52. The number of ether oxygens (including phenoxy) is 2. The molecule has 1 fully saturated rings. The van der Waals surface area contributed by atoms with E-state index in [4.69, 9.17) is 14.6 Å². The lowest BCUT2D eigenvalue weighted by molar-refractivity contribution is -0.162. The molecule has 1 rings (SSSR count). The van der Waals surface area contributed by atoms with Crippen molar-refractivity contribution in [3.63, 3.8) is 0 Å². The van der Waals surface area contributed by atoms with Gasteiger partial charge >= 0.3 is 0 Å². The zero-order chi connectivity index (χ0) is 10.8. The Morgan fingerprint density at radius 1 is 1.27 bits per heavy atom. The molecule has 0 spiro atoms. The topological polar surface area (TPSA) is 38.7 Å². The third-order valence-corrected chi connectivity index (χ3v) is 2.48. The molecule has 0 aromatic heterocycles. The summed E-state index contributed by atoms with van der Waals surface area (Å²) in [6, 6.07) is 0. The molecule has 1 atom stereocenters. The summed E-state index contributed by atoms with van der Waals surface area (Å²) >= 11 is 0. The fraction of sp³-hybridized carbons (Fsp3) is 0.833. The smallest absolute Gasteiger partial charge is 0.157 e. The Morgan fingerprint density at radius 2 is 2.20 bits per heavy atom. The minimum absolute atomic E-state index is 0.0479. The normalized spacial score (nSPS) is 22.3. The fourth-order valence-electron chi connectivity index (χ4n) is 1.61. The third-order valence-electron chi connectivity index (χ3n) is 2.48. The number of hydrogen-bond donors (Lipinski definition) is 1. The molecule has 88 valence electrons. The number of unbranched alkanes of at least 4 members (excludes halogenated alkanes) is 2. The van der Waals surface area contributed by atoms with E-state index in [1.54, 1.807) is 6.08 Å². The maximum atomic E-state index is 8.51. The first-order valence-corrected chi connectivity index (χ1v) is 5.92. The van der Waals surface area contributed by atoms with Crippen molar-refractivity contribution in [2.24, 2.45) is 0 Å². The van der Waals surface area contributed by atoms with Gasteiger partial charge in [-0.1, -0.05) is 12.2 Å². The van der Waals surface area contributed by atoms with Crippen LogP contribution in [0.5, 0.6) is 0 Å². The van der Waals surface area contributed by atoms with Crippen LogP contribution in [0.2, 0.25) is 0 Å². The second kappa shape index (κ2) is 8.89. The molecule has 1 N–H and O–H groups in total. The minimum atomic E-state index is 0.0479. The van der Waals surface area contributed by atoms with E-state index in [2.05, 4.69) is 0 Å². The van der Waals surface area contributed by atoms with Crippen molar-refractivity contribution in [1.82, 2.24) is 0 Å². The average Bonchev–Trinajstić information content (AvgIpc) is 2.29. The first-order chi connectivity index (χ1) is 7.43. The van der Waals surface area contributed by atoms with E-state index in [-0.39, 0.29) is 12.9 Å². The molecule has 1 saturated heterocycles. The lowest BCUT2D eigenvalue weighted by Gasteiger charge is -2.22. The van der Waals surface area contributed by atoms with Crippen LogP contribution in [0.4, 0.5) is 0 Å². The highest BCUT2D eigenvalue weighted by Crippen LogP contribution is 2.14. The van der Waals surface area contributed by atoms with Crippen molar-refractivity contribution in [2.45, 2.75) is 44.8 Å². The fourth-order valence-corrected chi connectivity index (χ4v) is 1.61. The summed E-state index contributed by atoms with van der Waals surface area (Å²) in [5.41, 5.74) is 0. The molecule has 1 heterocycles. The van der Waals surface area contributed by atoms with Crippen LogP contribution in [0.25, 0.3) is 0 Å². The van der Waals surface area contributed by atoms with Gasteiger partial charge in [0.15, 0.2) is 6.29 Å². The number of hydrogen-bond acceptors (Lipinski definition) is 3. The monoisotopic (exact) mass is 214 g/mol. The lowest BCUT2D eigenvalue weighted by atomic mass is 10.2. The van der Waals surface area contributed by atoms with E-state index in [9.17, 15) is 0 Å². The van der Waals surface area contributed by atoms with Crippen LogP contribution < -0.4 is 0 Å². The van der Waals surface area contributed by atoms with Crippen LogP contribution >= 0.6 is 0 Å². The summed E-state index contributed by atoms with van der Waals surface area (Å²) in [5, 5.41) is 8.51. The lowest BCUT2D eigenvalue weighted by Crippen LogP contribution is -2.22. The van der Waals surface area contributed by atoms with Crippen LogP contribution in [0.3, 0.4) is 0 Å². The highest BCUT2D eigenvalue weighted by atomic mass is 16.7. The molecule has 0 amide bonds. The van der Waals surface area contributed by atoms with E-state index in [0.29, 0.717) is 0 Å². The van der Waals surface area contributed by atoms with Gasteiger partial charge in [-0.25, -0.2) is 0 Å². The second-order valence-corrected chi connectivity index (χ2v) is 3.82. The summed E-state index contributed by atoms with van der Waals surface area (Å²) < 4.78 is 11.0. The minimum Gasteiger partial charge on any atom is -0.392 e. The molecule has 15 heavy (non-hydrogen) atoms. The van der Waals surface area contributed by atoms with Gasteiger partial charge in [-0.15, -0.1) is 0 Å². The van der Waals surface area contributed by atoms with Crippen molar-refractivity contribution in [2.75, 3.05) is 19.8 Å². The van der Waals surface area contributed by atoms with E-state index >= 15 is 0 Å². The maximum absolute atomic E-state index is 8.51. The SMILES string of the molecule is OC/C=C/CCCCOC1CCCCO1. The van der Waals surface area contributed by atoms with Gasteiger partial charge in [0, 0.05) is 13.2 Å². The highest BCUT2D eigenvalue weighted by Gasteiger charge is 2.12. The average molecular weight is 214 g/mol. The molecule has 1 aliphatic rings. The van der Waals surface area contributed by atoms with Gasteiger partial charge in [-0.3, -0.25) is 0 Å². The Bertz CT molecular complexity index is 162. The molecule has 0 bridgehead atoms. The molecular formula is C12H22O3. The van der Waals surface area contributed by atoms with Crippen molar-refractivity contribution >= 4 is 0 Å². The van der Waals surface area contributed by atoms with E-state index < -0.39 is 0 Å². The van der Waals surface area contributed by atoms with Crippen molar-refractivity contribution < 1.29 is 14.6 Å². The molecule has 0 radical (unpaired) electrons. The van der Waals surface area contributed by atoms with Crippen molar-refractivity contribution in [3.8, 4) is 0 Å². The predicted molar refractivity (Wildman–Crippen MR) is 59.6 cm³/mol. The zero-order valence-electron chi connectivity index (χ0n) is 9.36. The molecule has 0 aliphatic carbocycles. The summed E-state index contributed by atoms with van der Waals surface area (Å²) in [4.78, 5) is 0.